The minimum Gasteiger partial charge on any atom is -0.457 e. The van der Waals surface area contributed by atoms with E-state index in [1.165, 1.54) is 6.07 Å². The molecule has 18 heavy (non-hydrogen) atoms. The number of hydrogen-bond acceptors (Lipinski definition) is 5. The van der Waals surface area contributed by atoms with Crippen molar-refractivity contribution in [3.63, 3.8) is 0 Å². The first-order valence-corrected chi connectivity index (χ1v) is 5.51. The summed E-state index contributed by atoms with van der Waals surface area (Å²) in [5.74, 6) is 1.92. The van der Waals surface area contributed by atoms with Crippen LogP contribution in [0, 0.1) is 0 Å². The quantitative estimate of drug-likeness (QED) is 0.681. The standard InChI is InChI=1S/C6H5ClO2.C6H6O3/c2*7-3-5-1-2-6(4-8)9-5/h1-2,4H,3H2;1-3,8H,4H2. The van der Waals surface area contributed by atoms with Crippen molar-refractivity contribution in [1.29, 1.82) is 0 Å². The van der Waals surface area contributed by atoms with Gasteiger partial charge >= 0.3 is 0 Å². The fourth-order valence-corrected chi connectivity index (χ4v) is 1.22. The molecular weight excluding hydrogens is 260 g/mol. The molecule has 2 heterocycles. The fourth-order valence-electron chi connectivity index (χ4n) is 1.07. The third kappa shape index (κ3) is 4.20. The molecule has 0 aliphatic rings. The molecule has 0 bridgehead atoms. The SMILES string of the molecule is O=Cc1ccc(CCl)o1.O=Cc1ccc(CO)o1. The summed E-state index contributed by atoms with van der Waals surface area (Å²) >= 11 is 5.39. The maximum atomic E-state index is 10.00. The Morgan fingerprint density at radius 1 is 1.00 bits per heavy atom. The Kier molecular flexibility index (Phi) is 5.90. The summed E-state index contributed by atoms with van der Waals surface area (Å²) in [7, 11) is 0. The van der Waals surface area contributed by atoms with Crippen LogP contribution >= 0.6 is 11.6 Å². The molecule has 96 valence electrons. The Morgan fingerprint density at radius 2 is 1.50 bits per heavy atom. The van der Waals surface area contributed by atoms with Gasteiger partial charge in [0.25, 0.3) is 0 Å². The van der Waals surface area contributed by atoms with E-state index in [1.54, 1.807) is 18.2 Å². The van der Waals surface area contributed by atoms with Crippen LogP contribution in [0.15, 0.2) is 33.1 Å². The van der Waals surface area contributed by atoms with Gasteiger partial charge in [0.2, 0.25) is 0 Å². The van der Waals surface area contributed by atoms with Crippen molar-refractivity contribution in [1.82, 2.24) is 0 Å². The minimum atomic E-state index is -0.159. The van der Waals surface area contributed by atoms with Gasteiger partial charge in [-0.15, -0.1) is 11.6 Å². The van der Waals surface area contributed by atoms with E-state index in [0.29, 0.717) is 35.7 Å². The molecule has 0 radical (unpaired) electrons. The lowest BCUT2D eigenvalue weighted by Gasteiger charge is -1.82. The van der Waals surface area contributed by atoms with Crippen LogP contribution in [-0.2, 0) is 12.5 Å². The normalized spacial score (nSPS) is 9.44. The van der Waals surface area contributed by atoms with Gasteiger partial charge in [0.1, 0.15) is 18.1 Å². The summed E-state index contributed by atoms with van der Waals surface area (Å²) in [4.78, 5) is 20.0. The average molecular weight is 271 g/mol. The van der Waals surface area contributed by atoms with Crippen molar-refractivity contribution in [3.8, 4) is 0 Å². The summed E-state index contributed by atoms with van der Waals surface area (Å²) in [5, 5.41) is 8.44. The highest BCUT2D eigenvalue weighted by molar-refractivity contribution is 6.16. The van der Waals surface area contributed by atoms with Gasteiger partial charge in [0.05, 0.1) is 5.88 Å². The van der Waals surface area contributed by atoms with Gasteiger partial charge in [-0.3, -0.25) is 9.59 Å². The van der Waals surface area contributed by atoms with Crippen molar-refractivity contribution in [2.24, 2.45) is 0 Å². The summed E-state index contributed by atoms with van der Waals surface area (Å²) < 4.78 is 9.65. The van der Waals surface area contributed by atoms with Crippen molar-refractivity contribution in [2.75, 3.05) is 0 Å². The summed E-state index contributed by atoms with van der Waals surface area (Å²) in [5.41, 5.74) is 0. The predicted octanol–water partition coefficient (Wildman–Crippen LogP) is 2.42. The molecule has 0 aliphatic heterocycles. The summed E-state index contributed by atoms with van der Waals surface area (Å²) in [6.07, 6.45) is 1.25. The molecule has 2 aromatic heterocycles. The second-order valence-electron chi connectivity index (χ2n) is 3.14. The third-order valence-corrected chi connectivity index (χ3v) is 2.15. The molecule has 0 fully saturated rings. The van der Waals surface area contributed by atoms with Crippen LogP contribution in [0.3, 0.4) is 0 Å². The zero-order chi connectivity index (χ0) is 13.4. The van der Waals surface area contributed by atoms with Crippen LogP contribution in [0.25, 0.3) is 0 Å². The van der Waals surface area contributed by atoms with E-state index in [0.717, 1.165) is 0 Å². The Hall–Kier alpha value is -1.85. The molecule has 0 spiro atoms. The first-order valence-electron chi connectivity index (χ1n) is 4.98. The van der Waals surface area contributed by atoms with Crippen LogP contribution in [0.1, 0.15) is 32.6 Å². The number of furan rings is 2. The van der Waals surface area contributed by atoms with Gasteiger partial charge in [0, 0.05) is 0 Å². The van der Waals surface area contributed by atoms with Crippen LogP contribution in [0.4, 0.5) is 0 Å². The Balaban J connectivity index is 0.000000180. The second-order valence-corrected chi connectivity index (χ2v) is 3.40. The Morgan fingerprint density at radius 3 is 1.78 bits per heavy atom. The number of halogens is 1. The molecule has 0 unspecified atom stereocenters. The molecular formula is C12H11ClO5. The van der Waals surface area contributed by atoms with Gasteiger partial charge < -0.3 is 13.9 Å². The molecule has 0 aromatic carbocycles. The van der Waals surface area contributed by atoms with E-state index in [4.69, 9.17) is 25.5 Å². The Bertz CT molecular complexity index is 454. The lowest BCUT2D eigenvalue weighted by molar-refractivity contribution is 0.109. The van der Waals surface area contributed by atoms with Crippen LogP contribution in [-0.4, -0.2) is 17.7 Å². The number of rotatable bonds is 4. The number of alkyl halides is 1. The highest BCUT2D eigenvalue weighted by atomic mass is 35.5. The second kappa shape index (κ2) is 7.47. The van der Waals surface area contributed by atoms with Gasteiger partial charge in [-0.05, 0) is 24.3 Å². The largest absolute Gasteiger partial charge is 0.457 e. The van der Waals surface area contributed by atoms with Gasteiger partial charge in [0.15, 0.2) is 24.1 Å². The highest BCUT2D eigenvalue weighted by Gasteiger charge is 1.97. The van der Waals surface area contributed by atoms with E-state index in [2.05, 4.69) is 0 Å². The molecule has 0 aliphatic carbocycles. The van der Waals surface area contributed by atoms with E-state index in [1.807, 2.05) is 0 Å². The van der Waals surface area contributed by atoms with Crippen molar-refractivity contribution < 1.29 is 23.5 Å². The van der Waals surface area contributed by atoms with E-state index in [9.17, 15) is 9.59 Å². The highest BCUT2D eigenvalue weighted by Crippen LogP contribution is 2.07. The Labute approximate surface area is 108 Å². The van der Waals surface area contributed by atoms with Crippen molar-refractivity contribution >= 4 is 24.2 Å². The molecule has 6 heteroatoms. The molecule has 1 N–H and O–H groups in total. The maximum Gasteiger partial charge on any atom is 0.185 e. The molecule has 0 amide bonds. The lowest BCUT2D eigenvalue weighted by Crippen LogP contribution is -1.74. The van der Waals surface area contributed by atoms with Crippen LogP contribution in [0.5, 0.6) is 0 Å². The van der Waals surface area contributed by atoms with Crippen molar-refractivity contribution in [2.45, 2.75) is 12.5 Å². The summed E-state index contributed by atoms with van der Waals surface area (Å²) in [6.45, 7) is -0.159. The number of hydrogen-bond donors (Lipinski definition) is 1. The van der Waals surface area contributed by atoms with E-state index in [-0.39, 0.29) is 12.4 Å². The first kappa shape index (κ1) is 14.2. The number of carbonyl (C=O) groups is 2. The van der Waals surface area contributed by atoms with Crippen molar-refractivity contribution in [3.05, 3.63) is 47.3 Å². The average Bonchev–Trinajstić information content (AvgIpc) is 3.07. The van der Waals surface area contributed by atoms with Crippen LogP contribution in [0.2, 0.25) is 0 Å². The molecule has 0 saturated heterocycles. The topological polar surface area (TPSA) is 80.7 Å². The number of carbonyl (C=O) groups excluding carboxylic acids is 2. The lowest BCUT2D eigenvalue weighted by atomic mass is 10.4. The zero-order valence-electron chi connectivity index (χ0n) is 9.34. The van der Waals surface area contributed by atoms with Gasteiger partial charge in [-0.1, -0.05) is 0 Å². The van der Waals surface area contributed by atoms with E-state index >= 15 is 0 Å². The summed E-state index contributed by atoms with van der Waals surface area (Å²) in [6, 6.07) is 6.34. The fraction of sp³-hybridized carbons (Fsp3) is 0.167. The minimum absolute atomic E-state index is 0.159. The predicted molar refractivity (Wildman–Crippen MR) is 63.7 cm³/mol. The number of aldehydes is 2. The number of aliphatic hydroxyl groups is 1. The molecule has 2 rings (SSSR count). The number of aliphatic hydroxyl groups excluding tert-OH is 1. The zero-order valence-corrected chi connectivity index (χ0v) is 10.1. The van der Waals surface area contributed by atoms with Crippen LogP contribution < -0.4 is 0 Å². The molecule has 0 atom stereocenters. The molecule has 2 aromatic rings. The monoisotopic (exact) mass is 270 g/mol. The van der Waals surface area contributed by atoms with Gasteiger partial charge in [-0.25, -0.2) is 0 Å². The smallest absolute Gasteiger partial charge is 0.185 e. The molecule has 5 nitrogen and oxygen atoms in total. The third-order valence-electron chi connectivity index (χ3n) is 1.88. The maximum absolute atomic E-state index is 10.00. The molecule has 0 saturated carbocycles. The van der Waals surface area contributed by atoms with E-state index < -0.39 is 0 Å². The van der Waals surface area contributed by atoms with Gasteiger partial charge in [-0.2, -0.15) is 0 Å². The first-order chi connectivity index (χ1) is 8.73.